The fourth-order valence-electron chi connectivity index (χ4n) is 2.73. The molecule has 0 saturated carbocycles. The van der Waals surface area contributed by atoms with Gasteiger partial charge in [0.25, 0.3) is 0 Å². The molecule has 1 heterocycles. The van der Waals surface area contributed by atoms with Crippen LogP contribution in [0, 0.1) is 11.3 Å². The molecule has 0 atom stereocenters. The zero-order valence-corrected chi connectivity index (χ0v) is 15.0. The van der Waals surface area contributed by atoms with Crippen molar-refractivity contribution in [2.24, 2.45) is 0 Å². The minimum absolute atomic E-state index is 0.580. The number of anilines is 3. The van der Waals surface area contributed by atoms with Gasteiger partial charge in [0.15, 0.2) is 0 Å². The SMILES string of the molecule is CCN(CC)c1nc(Nc2ccccc2C#N)cc(-c2ccccc2)n1. The Kier molecular flexibility index (Phi) is 5.45. The summed E-state index contributed by atoms with van der Waals surface area (Å²) in [6, 6.07) is 21.6. The van der Waals surface area contributed by atoms with Gasteiger partial charge in [0.2, 0.25) is 5.95 Å². The quantitative estimate of drug-likeness (QED) is 0.708. The molecule has 0 unspecified atom stereocenters. The number of hydrogen-bond donors (Lipinski definition) is 1. The summed E-state index contributed by atoms with van der Waals surface area (Å²) >= 11 is 0. The monoisotopic (exact) mass is 343 g/mol. The van der Waals surface area contributed by atoms with E-state index >= 15 is 0 Å². The molecule has 1 aromatic heterocycles. The van der Waals surface area contributed by atoms with Crippen LogP contribution in [0.2, 0.25) is 0 Å². The van der Waals surface area contributed by atoms with Gasteiger partial charge in [-0.15, -0.1) is 0 Å². The maximum atomic E-state index is 9.32. The van der Waals surface area contributed by atoms with E-state index in [1.54, 1.807) is 6.07 Å². The van der Waals surface area contributed by atoms with E-state index in [1.165, 1.54) is 0 Å². The molecule has 2 aromatic carbocycles. The lowest BCUT2D eigenvalue weighted by Crippen LogP contribution is -2.24. The van der Waals surface area contributed by atoms with Crippen LogP contribution < -0.4 is 10.2 Å². The van der Waals surface area contributed by atoms with E-state index in [4.69, 9.17) is 4.98 Å². The summed E-state index contributed by atoms with van der Waals surface area (Å²) in [5.41, 5.74) is 3.19. The van der Waals surface area contributed by atoms with Gasteiger partial charge in [0, 0.05) is 24.7 Å². The van der Waals surface area contributed by atoms with Gasteiger partial charge >= 0.3 is 0 Å². The zero-order chi connectivity index (χ0) is 18.4. The molecule has 130 valence electrons. The van der Waals surface area contributed by atoms with Gasteiger partial charge in [-0.1, -0.05) is 42.5 Å². The third-order valence-electron chi connectivity index (χ3n) is 4.14. The molecule has 0 fully saturated rings. The van der Waals surface area contributed by atoms with Gasteiger partial charge in [-0.2, -0.15) is 10.2 Å². The van der Waals surface area contributed by atoms with Gasteiger partial charge in [-0.25, -0.2) is 4.98 Å². The maximum absolute atomic E-state index is 9.32. The highest BCUT2D eigenvalue weighted by atomic mass is 15.3. The fraction of sp³-hybridized carbons (Fsp3) is 0.190. The summed E-state index contributed by atoms with van der Waals surface area (Å²) in [6.07, 6.45) is 0. The van der Waals surface area contributed by atoms with E-state index < -0.39 is 0 Å². The average molecular weight is 343 g/mol. The van der Waals surface area contributed by atoms with Crippen LogP contribution in [0.5, 0.6) is 0 Å². The number of rotatable bonds is 6. The van der Waals surface area contributed by atoms with E-state index in [2.05, 4.69) is 35.1 Å². The van der Waals surface area contributed by atoms with E-state index in [9.17, 15) is 5.26 Å². The van der Waals surface area contributed by atoms with Crippen LogP contribution in [0.4, 0.5) is 17.5 Å². The molecule has 0 aliphatic heterocycles. The normalized spacial score (nSPS) is 10.2. The van der Waals surface area contributed by atoms with Crippen LogP contribution in [-0.4, -0.2) is 23.1 Å². The molecule has 0 aliphatic carbocycles. The Bertz CT molecular complexity index is 911. The zero-order valence-electron chi connectivity index (χ0n) is 15.0. The smallest absolute Gasteiger partial charge is 0.227 e. The molecule has 0 saturated heterocycles. The predicted octanol–water partition coefficient (Wildman–Crippen LogP) is 4.61. The number of nitrogens with zero attached hydrogens (tertiary/aromatic N) is 4. The fourth-order valence-corrected chi connectivity index (χ4v) is 2.73. The average Bonchev–Trinajstić information content (AvgIpc) is 2.70. The molecule has 0 bridgehead atoms. The summed E-state index contributed by atoms with van der Waals surface area (Å²) in [4.78, 5) is 11.5. The van der Waals surface area contributed by atoms with Crippen molar-refractivity contribution in [3.8, 4) is 17.3 Å². The molecule has 0 amide bonds. The molecule has 0 spiro atoms. The van der Waals surface area contributed by atoms with Crippen molar-refractivity contribution in [2.45, 2.75) is 13.8 Å². The van der Waals surface area contributed by atoms with Crippen LogP contribution in [0.15, 0.2) is 60.7 Å². The molecule has 0 aliphatic rings. The number of benzene rings is 2. The highest BCUT2D eigenvalue weighted by molar-refractivity contribution is 5.70. The molecule has 1 N–H and O–H groups in total. The van der Waals surface area contributed by atoms with Crippen molar-refractivity contribution in [3.05, 3.63) is 66.2 Å². The second kappa shape index (κ2) is 8.13. The Morgan fingerprint density at radius 2 is 1.65 bits per heavy atom. The lowest BCUT2D eigenvalue weighted by molar-refractivity contribution is 0.823. The van der Waals surface area contributed by atoms with Crippen LogP contribution in [-0.2, 0) is 0 Å². The van der Waals surface area contributed by atoms with Crippen molar-refractivity contribution >= 4 is 17.5 Å². The summed E-state index contributed by atoms with van der Waals surface area (Å²) < 4.78 is 0. The van der Waals surface area contributed by atoms with Crippen molar-refractivity contribution in [2.75, 3.05) is 23.3 Å². The first-order valence-electron chi connectivity index (χ1n) is 8.70. The molecule has 0 radical (unpaired) electrons. The van der Waals surface area contributed by atoms with E-state index in [0.717, 1.165) is 30.0 Å². The highest BCUT2D eigenvalue weighted by Crippen LogP contribution is 2.26. The molecule has 3 rings (SSSR count). The molecule has 5 nitrogen and oxygen atoms in total. The molecular formula is C21H21N5. The van der Waals surface area contributed by atoms with E-state index in [0.29, 0.717) is 17.3 Å². The molecule has 3 aromatic rings. The van der Waals surface area contributed by atoms with Crippen molar-refractivity contribution in [3.63, 3.8) is 0 Å². The van der Waals surface area contributed by atoms with E-state index in [1.807, 2.05) is 54.6 Å². The first-order valence-corrected chi connectivity index (χ1v) is 8.70. The van der Waals surface area contributed by atoms with E-state index in [-0.39, 0.29) is 0 Å². The number of para-hydroxylation sites is 1. The standard InChI is InChI=1S/C21H21N5/c1-3-26(4-2)21-24-19(16-10-6-5-7-11-16)14-20(25-21)23-18-13-9-8-12-17(18)15-22/h5-14H,3-4H2,1-2H3,(H,23,24,25). The summed E-state index contributed by atoms with van der Waals surface area (Å²) in [6.45, 7) is 5.81. The van der Waals surface area contributed by atoms with Gasteiger partial charge in [0.1, 0.15) is 11.9 Å². The minimum atomic E-state index is 0.580. The van der Waals surface area contributed by atoms with Crippen molar-refractivity contribution in [1.82, 2.24) is 9.97 Å². The summed E-state index contributed by atoms with van der Waals surface area (Å²) in [5, 5.41) is 12.6. The van der Waals surface area contributed by atoms with Gasteiger partial charge < -0.3 is 10.2 Å². The number of nitrogens with one attached hydrogen (secondary N) is 1. The number of nitriles is 1. The third-order valence-corrected chi connectivity index (χ3v) is 4.14. The number of hydrogen-bond acceptors (Lipinski definition) is 5. The maximum Gasteiger partial charge on any atom is 0.227 e. The lowest BCUT2D eigenvalue weighted by Gasteiger charge is -2.20. The van der Waals surface area contributed by atoms with Crippen molar-refractivity contribution < 1.29 is 0 Å². The third kappa shape index (κ3) is 3.81. The minimum Gasteiger partial charge on any atom is -0.341 e. The Morgan fingerprint density at radius 1 is 0.962 bits per heavy atom. The van der Waals surface area contributed by atoms with Gasteiger partial charge in [-0.05, 0) is 26.0 Å². The highest BCUT2D eigenvalue weighted by Gasteiger charge is 2.12. The van der Waals surface area contributed by atoms with Crippen LogP contribution in [0.25, 0.3) is 11.3 Å². The first-order chi connectivity index (χ1) is 12.7. The summed E-state index contributed by atoms with van der Waals surface area (Å²) in [5.74, 6) is 1.34. The van der Waals surface area contributed by atoms with Crippen molar-refractivity contribution in [1.29, 1.82) is 5.26 Å². The Morgan fingerprint density at radius 3 is 2.35 bits per heavy atom. The van der Waals surface area contributed by atoms with Crippen LogP contribution >= 0.6 is 0 Å². The van der Waals surface area contributed by atoms with Gasteiger partial charge in [-0.3, -0.25) is 0 Å². The van der Waals surface area contributed by atoms with Crippen LogP contribution in [0.3, 0.4) is 0 Å². The first kappa shape index (κ1) is 17.4. The topological polar surface area (TPSA) is 64.8 Å². The second-order valence-electron chi connectivity index (χ2n) is 5.76. The number of aromatic nitrogens is 2. The Hall–Kier alpha value is -3.39. The second-order valence-corrected chi connectivity index (χ2v) is 5.76. The van der Waals surface area contributed by atoms with Crippen LogP contribution in [0.1, 0.15) is 19.4 Å². The molecule has 26 heavy (non-hydrogen) atoms. The molecule has 5 heteroatoms. The Balaban J connectivity index is 2.06. The largest absolute Gasteiger partial charge is 0.341 e. The lowest BCUT2D eigenvalue weighted by atomic mass is 10.1. The predicted molar refractivity (Wildman–Crippen MR) is 105 cm³/mol. The summed E-state index contributed by atoms with van der Waals surface area (Å²) in [7, 11) is 0. The molecular weight excluding hydrogens is 322 g/mol. The van der Waals surface area contributed by atoms with Gasteiger partial charge in [0.05, 0.1) is 16.9 Å². The Labute approximate surface area is 154 Å².